The first-order chi connectivity index (χ1) is 3.60. The Kier molecular flexibility index (Phi) is 1.03. The van der Waals surface area contributed by atoms with Crippen LogP contribution in [0, 0.1) is 0 Å². The van der Waals surface area contributed by atoms with Crippen LogP contribution < -0.4 is 5.32 Å². The van der Waals surface area contributed by atoms with Crippen molar-refractivity contribution < 1.29 is 0 Å². The van der Waals surface area contributed by atoms with E-state index in [0.29, 0.717) is 0 Å². The maximum atomic E-state index is 4.27. The van der Waals surface area contributed by atoms with Crippen molar-refractivity contribution in [1.82, 2.24) is 5.32 Å². The van der Waals surface area contributed by atoms with Crippen molar-refractivity contribution in [3.63, 3.8) is 0 Å². The van der Waals surface area contributed by atoms with Crippen LogP contribution in [0.15, 0.2) is 4.99 Å². The third kappa shape index (κ3) is 0.997. The second-order valence-corrected chi connectivity index (χ2v) is 2.79. The molecule has 0 unspecified atom stereocenters. The second kappa shape index (κ2) is 1.47. The van der Waals surface area contributed by atoms with E-state index in [1.54, 1.807) is 0 Å². The number of amidine groups is 1. The molecule has 1 rings (SSSR count). The van der Waals surface area contributed by atoms with E-state index in [4.69, 9.17) is 0 Å². The van der Waals surface area contributed by atoms with Crippen molar-refractivity contribution in [3.05, 3.63) is 0 Å². The number of hydrogen-bond acceptors (Lipinski definition) is 1. The van der Waals surface area contributed by atoms with Crippen LogP contribution in [-0.4, -0.2) is 17.9 Å². The van der Waals surface area contributed by atoms with Gasteiger partial charge < -0.3 is 0 Å². The van der Waals surface area contributed by atoms with E-state index in [1.807, 2.05) is 6.92 Å². The predicted molar refractivity (Wildman–Crippen MR) is 34.2 cm³/mol. The largest absolute Gasteiger partial charge is 0.269 e. The zero-order chi connectivity index (χ0) is 6.20. The molecule has 0 N–H and O–H groups in total. The van der Waals surface area contributed by atoms with Crippen molar-refractivity contribution in [2.45, 2.75) is 26.3 Å². The Balaban J connectivity index is 2.67. The molecule has 8 heavy (non-hydrogen) atoms. The zero-order valence-corrected chi connectivity index (χ0v) is 5.60. The molecule has 1 aliphatic rings. The van der Waals surface area contributed by atoms with Crippen LogP contribution in [0.5, 0.6) is 0 Å². The van der Waals surface area contributed by atoms with Gasteiger partial charge in [0.1, 0.15) is 5.84 Å². The fourth-order valence-corrected chi connectivity index (χ4v) is 0.817. The van der Waals surface area contributed by atoms with Crippen LogP contribution in [-0.2, 0) is 0 Å². The van der Waals surface area contributed by atoms with E-state index >= 15 is 0 Å². The maximum absolute atomic E-state index is 4.27. The highest BCUT2D eigenvalue weighted by molar-refractivity contribution is 5.81. The maximum Gasteiger partial charge on any atom is 0.115 e. The Labute approximate surface area is 50.0 Å². The van der Waals surface area contributed by atoms with E-state index in [0.717, 1.165) is 12.4 Å². The molecule has 1 heterocycles. The summed E-state index contributed by atoms with van der Waals surface area (Å²) < 4.78 is 0. The summed E-state index contributed by atoms with van der Waals surface area (Å²) in [5.74, 6) is 0.940. The summed E-state index contributed by atoms with van der Waals surface area (Å²) in [5, 5.41) is 4.14. The van der Waals surface area contributed by atoms with Gasteiger partial charge in [0, 0.05) is 0 Å². The van der Waals surface area contributed by atoms with Crippen LogP contribution in [0.2, 0.25) is 0 Å². The molecule has 0 amide bonds. The van der Waals surface area contributed by atoms with Crippen molar-refractivity contribution in [2.24, 2.45) is 4.99 Å². The minimum atomic E-state index is 0.0874. The summed E-state index contributed by atoms with van der Waals surface area (Å²) in [4.78, 5) is 4.27. The van der Waals surface area contributed by atoms with Crippen LogP contribution in [0.1, 0.15) is 20.8 Å². The van der Waals surface area contributed by atoms with E-state index in [2.05, 4.69) is 24.2 Å². The van der Waals surface area contributed by atoms with Gasteiger partial charge in [-0.3, -0.25) is 10.3 Å². The normalized spacial score (nSPS) is 24.6. The van der Waals surface area contributed by atoms with Crippen LogP contribution in [0.25, 0.3) is 0 Å². The van der Waals surface area contributed by atoms with E-state index < -0.39 is 0 Å². The molecule has 0 fully saturated rings. The average Bonchev–Trinajstić information content (AvgIpc) is 1.82. The van der Waals surface area contributed by atoms with Crippen molar-refractivity contribution in [3.8, 4) is 0 Å². The van der Waals surface area contributed by atoms with Gasteiger partial charge in [0.05, 0.1) is 12.1 Å². The predicted octanol–water partition coefficient (Wildman–Crippen LogP) is 0.801. The van der Waals surface area contributed by atoms with Crippen LogP contribution in [0.4, 0.5) is 0 Å². The Morgan fingerprint density at radius 1 is 1.50 bits per heavy atom. The monoisotopic (exact) mass is 111 g/mol. The van der Waals surface area contributed by atoms with Gasteiger partial charge in [-0.15, -0.1) is 0 Å². The first-order valence-corrected chi connectivity index (χ1v) is 2.84. The smallest absolute Gasteiger partial charge is 0.115 e. The van der Waals surface area contributed by atoms with Gasteiger partial charge in [-0.25, -0.2) is 0 Å². The lowest BCUT2D eigenvalue weighted by molar-refractivity contribution is 0.546. The standard InChI is InChI=1S/C6H11N2/c1-5-7-4-6(2,3)8-5/h4H2,1-3H3. The van der Waals surface area contributed by atoms with E-state index in [-0.39, 0.29) is 5.54 Å². The van der Waals surface area contributed by atoms with Crippen molar-refractivity contribution >= 4 is 5.84 Å². The topological polar surface area (TPSA) is 26.5 Å². The summed E-state index contributed by atoms with van der Waals surface area (Å²) >= 11 is 0. The third-order valence-electron chi connectivity index (χ3n) is 1.16. The molecule has 2 heteroatoms. The summed E-state index contributed by atoms with van der Waals surface area (Å²) in [7, 11) is 0. The number of nitrogens with zero attached hydrogens (tertiary/aromatic N) is 2. The Morgan fingerprint density at radius 2 is 2.12 bits per heavy atom. The molecule has 0 aliphatic carbocycles. The van der Waals surface area contributed by atoms with Gasteiger partial charge >= 0.3 is 0 Å². The summed E-state index contributed by atoms with van der Waals surface area (Å²) in [6, 6.07) is 0. The lowest BCUT2D eigenvalue weighted by Gasteiger charge is -2.08. The molecule has 1 aliphatic heterocycles. The Bertz CT molecular complexity index is 124. The van der Waals surface area contributed by atoms with E-state index in [9.17, 15) is 0 Å². The van der Waals surface area contributed by atoms with Gasteiger partial charge in [-0.1, -0.05) is 0 Å². The fraction of sp³-hybridized carbons (Fsp3) is 0.833. The lowest BCUT2D eigenvalue weighted by Crippen LogP contribution is -2.20. The molecule has 0 atom stereocenters. The van der Waals surface area contributed by atoms with Crippen LogP contribution in [0.3, 0.4) is 0 Å². The highest BCUT2D eigenvalue weighted by Crippen LogP contribution is 2.12. The summed E-state index contributed by atoms with van der Waals surface area (Å²) in [6.45, 7) is 6.98. The molecule has 0 saturated carbocycles. The van der Waals surface area contributed by atoms with E-state index in [1.165, 1.54) is 0 Å². The molecular formula is C6H11N2. The van der Waals surface area contributed by atoms with Crippen molar-refractivity contribution in [1.29, 1.82) is 0 Å². The molecule has 1 radical (unpaired) electrons. The minimum absolute atomic E-state index is 0.0874. The van der Waals surface area contributed by atoms with Gasteiger partial charge in [0.15, 0.2) is 0 Å². The van der Waals surface area contributed by atoms with Gasteiger partial charge in [-0.05, 0) is 20.8 Å². The minimum Gasteiger partial charge on any atom is -0.269 e. The number of rotatable bonds is 0. The van der Waals surface area contributed by atoms with Crippen LogP contribution >= 0.6 is 0 Å². The molecule has 0 spiro atoms. The van der Waals surface area contributed by atoms with Gasteiger partial charge in [0.2, 0.25) is 0 Å². The highest BCUT2D eigenvalue weighted by Gasteiger charge is 2.22. The van der Waals surface area contributed by atoms with Crippen molar-refractivity contribution in [2.75, 3.05) is 6.54 Å². The summed E-state index contributed by atoms with van der Waals surface area (Å²) in [6.07, 6.45) is 0. The molecule has 0 aromatic rings. The third-order valence-corrected chi connectivity index (χ3v) is 1.16. The molecule has 0 saturated heterocycles. The zero-order valence-electron chi connectivity index (χ0n) is 5.60. The first kappa shape index (κ1) is 5.60. The van der Waals surface area contributed by atoms with Gasteiger partial charge in [-0.2, -0.15) is 0 Å². The molecule has 0 aromatic heterocycles. The molecule has 2 nitrogen and oxygen atoms in total. The quantitative estimate of drug-likeness (QED) is 0.442. The Morgan fingerprint density at radius 3 is 2.25 bits per heavy atom. The average molecular weight is 111 g/mol. The SMILES string of the molecule is CC1=NC(C)(C)C[N]1. The number of hydrogen-bond donors (Lipinski definition) is 0. The molecule has 0 aromatic carbocycles. The highest BCUT2D eigenvalue weighted by atomic mass is 15.1. The summed E-state index contributed by atoms with van der Waals surface area (Å²) in [5.41, 5.74) is 0.0874. The molecule has 0 bridgehead atoms. The fourth-order valence-electron chi connectivity index (χ4n) is 0.817. The lowest BCUT2D eigenvalue weighted by atomic mass is 10.1. The first-order valence-electron chi connectivity index (χ1n) is 2.84. The Hall–Kier alpha value is -0.530. The molecule has 45 valence electrons. The van der Waals surface area contributed by atoms with Gasteiger partial charge in [0.25, 0.3) is 0 Å². The molecular weight excluding hydrogens is 100 g/mol. The second-order valence-electron chi connectivity index (χ2n) is 2.79. The number of aliphatic imine (C=N–C) groups is 1.